The summed E-state index contributed by atoms with van der Waals surface area (Å²) in [6, 6.07) is 3.49. The Hall–Kier alpha value is -2.32. The molecule has 2 aliphatic heterocycles. The zero-order valence-electron chi connectivity index (χ0n) is 22.1. The summed E-state index contributed by atoms with van der Waals surface area (Å²) in [6.07, 6.45) is 3.84. The number of carbonyl (C=O) groups is 2. The van der Waals surface area contributed by atoms with Crippen molar-refractivity contribution in [1.29, 1.82) is 0 Å². The Morgan fingerprint density at radius 2 is 1.09 bits per heavy atom. The highest BCUT2D eigenvalue weighted by Gasteiger charge is 2.41. The van der Waals surface area contributed by atoms with Gasteiger partial charge in [-0.3, -0.25) is 9.59 Å². The lowest BCUT2D eigenvalue weighted by molar-refractivity contribution is 0.0999. The molecule has 0 saturated carbocycles. The number of benzene rings is 1. The molecule has 2 aliphatic rings. The van der Waals surface area contributed by atoms with Gasteiger partial charge in [0.25, 0.3) is 11.8 Å². The second-order valence-electron chi connectivity index (χ2n) is 12.6. The Bertz CT molecular complexity index is 893. The van der Waals surface area contributed by atoms with Crippen molar-refractivity contribution in [1.82, 2.24) is 10.6 Å². The van der Waals surface area contributed by atoms with Crippen LogP contribution < -0.4 is 32.7 Å². The normalized spacial score (nSPS) is 26.9. The third-order valence-corrected chi connectivity index (χ3v) is 7.53. The maximum absolute atomic E-state index is 12.4. The zero-order chi connectivity index (χ0) is 25.7. The van der Waals surface area contributed by atoms with Crippen LogP contribution in [0.3, 0.4) is 0 Å². The number of rotatable bonds is 6. The quantitative estimate of drug-likeness (QED) is 0.376. The summed E-state index contributed by atoms with van der Waals surface area (Å²) in [5.41, 5.74) is 12.8. The molecular formula is C26H44N6O2. The van der Waals surface area contributed by atoms with Gasteiger partial charge in [-0.15, -0.1) is 0 Å². The van der Waals surface area contributed by atoms with Crippen LogP contribution in [0, 0.1) is 0 Å². The Morgan fingerprint density at radius 3 is 1.38 bits per heavy atom. The molecule has 2 atom stereocenters. The zero-order valence-corrected chi connectivity index (χ0v) is 22.1. The van der Waals surface area contributed by atoms with Gasteiger partial charge < -0.3 is 32.7 Å². The van der Waals surface area contributed by atoms with E-state index in [1.165, 1.54) is 6.07 Å². The first kappa shape index (κ1) is 26.3. The lowest BCUT2D eigenvalue weighted by Gasteiger charge is -2.49. The van der Waals surface area contributed by atoms with Crippen LogP contribution in [0.5, 0.6) is 0 Å². The predicted molar refractivity (Wildman–Crippen MR) is 139 cm³/mol. The van der Waals surface area contributed by atoms with Crippen LogP contribution in [0.15, 0.2) is 12.1 Å². The van der Waals surface area contributed by atoms with Gasteiger partial charge in [0, 0.05) is 45.6 Å². The summed E-state index contributed by atoms with van der Waals surface area (Å²) in [7, 11) is 0. The molecule has 2 amide bonds. The van der Waals surface area contributed by atoms with E-state index < -0.39 is 11.8 Å². The third kappa shape index (κ3) is 5.66. The number of hydrogen-bond donors (Lipinski definition) is 6. The smallest absolute Gasteiger partial charge is 0.250 e. The van der Waals surface area contributed by atoms with Crippen LogP contribution >= 0.6 is 0 Å². The molecule has 0 radical (unpaired) electrons. The fraction of sp³-hybridized carbons (Fsp3) is 0.692. The van der Waals surface area contributed by atoms with Crippen LogP contribution in [-0.2, 0) is 0 Å². The molecule has 0 bridgehead atoms. The van der Waals surface area contributed by atoms with E-state index in [-0.39, 0.29) is 45.4 Å². The van der Waals surface area contributed by atoms with E-state index in [2.05, 4.69) is 76.7 Å². The monoisotopic (exact) mass is 472 g/mol. The van der Waals surface area contributed by atoms with Gasteiger partial charge >= 0.3 is 0 Å². The van der Waals surface area contributed by atoms with Crippen molar-refractivity contribution in [2.24, 2.45) is 11.5 Å². The van der Waals surface area contributed by atoms with Gasteiger partial charge in [0.1, 0.15) is 0 Å². The molecule has 2 saturated heterocycles. The Labute approximate surface area is 204 Å². The van der Waals surface area contributed by atoms with Crippen LogP contribution in [0.25, 0.3) is 0 Å². The maximum atomic E-state index is 12.4. The number of carbonyl (C=O) groups excluding carboxylic acids is 2. The fourth-order valence-corrected chi connectivity index (χ4v) is 5.90. The highest BCUT2D eigenvalue weighted by atomic mass is 16.1. The Kier molecular flexibility index (Phi) is 6.74. The number of piperidine rings is 2. The van der Waals surface area contributed by atoms with E-state index in [1.807, 2.05) is 6.07 Å². The van der Waals surface area contributed by atoms with E-state index in [0.29, 0.717) is 11.4 Å². The molecule has 0 aliphatic carbocycles. The number of nitrogens with one attached hydrogen (secondary N) is 4. The van der Waals surface area contributed by atoms with E-state index in [1.54, 1.807) is 0 Å². The summed E-state index contributed by atoms with van der Waals surface area (Å²) in [6.45, 7) is 17.4. The fourth-order valence-electron chi connectivity index (χ4n) is 5.90. The molecule has 8 nitrogen and oxygen atoms in total. The first-order valence-electron chi connectivity index (χ1n) is 12.3. The molecule has 0 aromatic heterocycles. The molecule has 190 valence electrons. The molecule has 8 N–H and O–H groups in total. The second kappa shape index (κ2) is 8.72. The van der Waals surface area contributed by atoms with Crippen molar-refractivity contribution in [2.45, 2.75) is 115 Å². The number of primary amides is 2. The van der Waals surface area contributed by atoms with Gasteiger partial charge in [0.15, 0.2) is 0 Å². The molecule has 2 fully saturated rings. The number of anilines is 2. The van der Waals surface area contributed by atoms with E-state index in [0.717, 1.165) is 25.7 Å². The molecule has 2 unspecified atom stereocenters. The van der Waals surface area contributed by atoms with Gasteiger partial charge in [-0.1, -0.05) is 0 Å². The van der Waals surface area contributed by atoms with Crippen LogP contribution in [0.2, 0.25) is 0 Å². The predicted octanol–water partition coefficient (Wildman–Crippen LogP) is 3.33. The van der Waals surface area contributed by atoms with Crippen LogP contribution in [0.4, 0.5) is 11.4 Å². The number of nitrogens with two attached hydrogens (primary N) is 2. The van der Waals surface area contributed by atoms with Gasteiger partial charge in [0.05, 0.1) is 11.1 Å². The molecule has 34 heavy (non-hydrogen) atoms. The average Bonchev–Trinajstić information content (AvgIpc) is 2.64. The van der Waals surface area contributed by atoms with Gasteiger partial charge in [-0.25, -0.2) is 0 Å². The van der Waals surface area contributed by atoms with Crippen molar-refractivity contribution in [2.75, 3.05) is 10.6 Å². The van der Waals surface area contributed by atoms with Crippen molar-refractivity contribution in [3.63, 3.8) is 0 Å². The lowest BCUT2D eigenvalue weighted by Crippen LogP contribution is -2.64. The Balaban J connectivity index is 1.98. The van der Waals surface area contributed by atoms with Crippen LogP contribution in [-0.4, -0.2) is 46.1 Å². The third-order valence-electron chi connectivity index (χ3n) is 7.53. The molecule has 0 spiro atoms. The lowest BCUT2D eigenvalue weighted by atomic mass is 9.78. The van der Waals surface area contributed by atoms with Crippen molar-refractivity contribution in [3.05, 3.63) is 23.3 Å². The summed E-state index contributed by atoms with van der Waals surface area (Å²) < 4.78 is 0. The van der Waals surface area contributed by atoms with Crippen molar-refractivity contribution >= 4 is 23.2 Å². The summed E-state index contributed by atoms with van der Waals surface area (Å²) in [5.74, 6) is -1.19. The number of amides is 2. The van der Waals surface area contributed by atoms with Crippen LogP contribution in [0.1, 0.15) is 102 Å². The van der Waals surface area contributed by atoms with Crippen molar-refractivity contribution < 1.29 is 9.59 Å². The topological polar surface area (TPSA) is 134 Å². The van der Waals surface area contributed by atoms with Gasteiger partial charge in [-0.2, -0.15) is 0 Å². The summed E-state index contributed by atoms with van der Waals surface area (Å²) >= 11 is 0. The SMILES string of the molecule is CC1(C)CCC(Nc2cc(NC3CCC(C)(C)NC3(C)C)c(C(N)=O)cc2C(N)=O)C(C)(C)N1. The Morgan fingerprint density at radius 1 is 0.735 bits per heavy atom. The maximum Gasteiger partial charge on any atom is 0.250 e. The first-order chi connectivity index (χ1) is 15.4. The standard InChI is InChI=1S/C26H44N6O2/c1-23(2)11-9-19(25(5,6)31-23)29-17-14-18(16(22(28)34)13-15(17)21(27)33)30-20-10-12-24(3,4)32-26(20,7)8/h13-14,19-20,29-32H,9-12H2,1-8H3,(H2,27,33)(H2,28,34). The molecule has 2 heterocycles. The van der Waals surface area contributed by atoms with E-state index in [9.17, 15) is 9.59 Å². The number of hydrogen-bond acceptors (Lipinski definition) is 6. The van der Waals surface area contributed by atoms with Crippen molar-refractivity contribution in [3.8, 4) is 0 Å². The van der Waals surface area contributed by atoms with Gasteiger partial charge in [-0.05, 0) is 93.2 Å². The van der Waals surface area contributed by atoms with Gasteiger partial charge in [0.2, 0.25) is 0 Å². The molecule has 8 heteroatoms. The minimum absolute atomic E-state index is 0.0318. The minimum Gasteiger partial charge on any atom is -0.380 e. The molecule has 3 rings (SSSR count). The summed E-state index contributed by atoms with van der Waals surface area (Å²) in [4.78, 5) is 24.7. The second-order valence-corrected chi connectivity index (χ2v) is 12.6. The first-order valence-corrected chi connectivity index (χ1v) is 12.3. The average molecular weight is 473 g/mol. The summed E-state index contributed by atoms with van der Waals surface area (Å²) in [5, 5.41) is 14.5. The molecular weight excluding hydrogens is 428 g/mol. The minimum atomic E-state index is -0.597. The van der Waals surface area contributed by atoms with E-state index >= 15 is 0 Å². The highest BCUT2D eigenvalue weighted by molar-refractivity contribution is 6.06. The molecule has 1 aromatic rings. The highest BCUT2D eigenvalue weighted by Crippen LogP contribution is 2.36. The van der Waals surface area contributed by atoms with E-state index in [4.69, 9.17) is 11.5 Å². The largest absolute Gasteiger partial charge is 0.380 e. The molecule has 1 aromatic carbocycles.